The maximum absolute atomic E-state index is 2.42. The van der Waals surface area contributed by atoms with Crippen molar-refractivity contribution >= 4 is 75.7 Å². The van der Waals surface area contributed by atoms with E-state index in [9.17, 15) is 0 Å². The summed E-state index contributed by atoms with van der Waals surface area (Å²) in [6.07, 6.45) is 0. The third-order valence-electron chi connectivity index (χ3n) is 16.8. The SMILES string of the molecule is c1ccc(-n2c3ccccc3c3cc(-c4c5ccccc5c(-c5ccc(-c6ccc7c8c(ccc7c6)-c6c(c7ccccc7c7ccccc67)C8(c6ccccc6)c6ccccc6)cc5)c5ccccc45)ccc32)cc1. The second-order valence-electron chi connectivity index (χ2n) is 20.6. The van der Waals surface area contributed by atoms with Crippen LogP contribution < -0.4 is 0 Å². The second-order valence-corrected chi connectivity index (χ2v) is 20.6. The quantitative estimate of drug-likeness (QED) is 0.116. The fourth-order valence-corrected chi connectivity index (χ4v) is 13.7. The van der Waals surface area contributed by atoms with E-state index in [1.807, 2.05) is 0 Å². The maximum atomic E-state index is 2.42. The topological polar surface area (TPSA) is 4.93 Å². The van der Waals surface area contributed by atoms with Gasteiger partial charge in [0.25, 0.3) is 0 Å². The molecule has 15 aromatic rings. The minimum Gasteiger partial charge on any atom is -0.309 e. The standard InChI is InChI=1S/C75H47N/c1-4-20-53(21-5-1)75(54-22-6-2-7-23-54)73-56-43-40-50(46-51(56)41-44-66(73)72-60-29-12-10-26-57(60)58-27-11-17-34-65(58)74(72)75)48-36-38-49(39-37-48)70-61-30-13-15-32-63(61)71(64-33-16-14-31-62(64)70)52-42-45-69-67(47-52)59-28-18-19-35-68(59)76(69)55-24-8-3-9-25-55/h1-47H. The van der Waals surface area contributed by atoms with Gasteiger partial charge in [0, 0.05) is 16.5 Å². The van der Waals surface area contributed by atoms with Gasteiger partial charge >= 0.3 is 0 Å². The summed E-state index contributed by atoms with van der Waals surface area (Å²) in [5.74, 6) is 0. The lowest BCUT2D eigenvalue weighted by atomic mass is 9.65. The molecular weight excluding hydrogens is 915 g/mol. The Morgan fingerprint density at radius 1 is 0.237 bits per heavy atom. The van der Waals surface area contributed by atoms with E-state index in [1.165, 1.54) is 148 Å². The summed E-state index contributed by atoms with van der Waals surface area (Å²) in [6.45, 7) is 0. The van der Waals surface area contributed by atoms with E-state index in [-0.39, 0.29) is 0 Å². The average Bonchev–Trinajstić information content (AvgIpc) is 4.23. The molecule has 0 saturated heterocycles. The highest BCUT2D eigenvalue weighted by molar-refractivity contribution is 6.23. The Morgan fingerprint density at radius 3 is 1.30 bits per heavy atom. The molecule has 0 amide bonds. The summed E-state index contributed by atoms with van der Waals surface area (Å²) < 4.78 is 2.39. The van der Waals surface area contributed by atoms with Gasteiger partial charge in [-0.15, -0.1) is 0 Å². The lowest BCUT2D eigenvalue weighted by molar-refractivity contribution is 0.783. The molecule has 1 aliphatic rings. The number of hydrogen-bond acceptors (Lipinski definition) is 0. The highest BCUT2D eigenvalue weighted by Crippen LogP contribution is 2.62. The molecule has 0 radical (unpaired) electrons. The van der Waals surface area contributed by atoms with Crippen LogP contribution in [-0.2, 0) is 5.41 Å². The van der Waals surface area contributed by atoms with Gasteiger partial charge in [0.15, 0.2) is 0 Å². The number of nitrogens with zero attached hydrogens (tertiary/aromatic N) is 1. The molecule has 352 valence electrons. The number of para-hydroxylation sites is 2. The fraction of sp³-hybridized carbons (Fsp3) is 0.0133. The molecule has 0 saturated carbocycles. The van der Waals surface area contributed by atoms with Crippen LogP contribution in [0.4, 0.5) is 0 Å². The van der Waals surface area contributed by atoms with Crippen LogP contribution in [-0.4, -0.2) is 4.57 Å². The molecule has 1 aliphatic carbocycles. The first kappa shape index (κ1) is 42.7. The van der Waals surface area contributed by atoms with Crippen molar-refractivity contribution in [3.05, 3.63) is 307 Å². The Kier molecular flexibility index (Phi) is 9.32. The lowest BCUT2D eigenvalue weighted by Crippen LogP contribution is -2.29. The number of benzene rings is 14. The van der Waals surface area contributed by atoms with Crippen molar-refractivity contribution in [2.24, 2.45) is 0 Å². The number of aromatic nitrogens is 1. The van der Waals surface area contributed by atoms with E-state index in [4.69, 9.17) is 0 Å². The zero-order chi connectivity index (χ0) is 49.9. The van der Waals surface area contributed by atoms with Crippen LogP contribution in [0.15, 0.2) is 285 Å². The molecule has 16 rings (SSSR count). The van der Waals surface area contributed by atoms with E-state index in [2.05, 4.69) is 290 Å². The van der Waals surface area contributed by atoms with Gasteiger partial charge < -0.3 is 4.57 Å². The average molecular weight is 962 g/mol. The Balaban J connectivity index is 0.852. The van der Waals surface area contributed by atoms with Crippen molar-refractivity contribution in [1.82, 2.24) is 4.57 Å². The van der Waals surface area contributed by atoms with Crippen molar-refractivity contribution in [3.63, 3.8) is 0 Å². The smallest absolute Gasteiger partial charge is 0.0725 e. The number of rotatable bonds is 6. The minimum atomic E-state index is -0.573. The van der Waals surface area contributed by atoms with Crippen LogP contribution in [0, 0.1) is 0 Å². The molecule has 0 N–H and O–H groups in total. The summed E-state index contributed by atoms with van der Waals surface area (Å²) in [4.78, 5) is 0. The number of hydrogen-bond donors (Lipinski definition) is 0. The van der Waals surface area contributed by atoms with Gasteiger partial charge in [0.2, 0.25) is 0 Å². The molecule has 0 bridgehead atoms. The van der Waals surface area contributed by atoms with Crippen molar-refractivity contribution < 1.29 is 0 Å². The van der Waals surface area contributed by atoms with E-state index in [0.717, 1.165) is 0 Å². The van der Waals surface area contributed by atoms with Crippen molar-refractivity contribution in [2.45, 2.75) is 5.41 Å². The summed E-state index contributed by atoms with van der Waals surface area (Å²) in [7, 11) is 0. The molecule has 1 heteroatoms. The highest BCUT2D eigenvalue weighted by Gasteiger charge is 2.49. The Morgan fingerprint density at radius 2 is 0.684 bits per heavy atom. The Bertz CT molecular complexity index is 4740. The first-order chi connectivity index (χ1) is 37.7. The first-order valence-electron chi connectivity index (χ1n) is 26.5. The van der Waals surface area contributed by atoms with Gasteiger partial charge in [0.05, 0.1) is 16.4 Å². The van der Waals surface area contributed by atoms with Crippen molar-refractivity contribution in [3.8, 4) is 50.2 Å². The Labute approximate surface area is 440 Å². The molecule has 0 unspecified atom stereocenters. The van der Waals surface area contributed by atoms with Gasteiger partial charge in [-0.25, -0.2) is 0 Å². The maximum Gasteiger partial charge on any atom is 0.0725 e. The van der Waals surface area contributed by atoms with Crippen LogP contribution in [0.1, 0.15) is 22.3 Å². The molecule has 0 spiro atoms. The second kappa shape index (κ2) is 16.6. The highest BCUT2D eigenvalue weighted by atomic mass is 15.0. The predicted molar refractivity (Wildman–Crippen MR) is 322 cm³/mol. The number of fused-ring (bicyclic) bond motifs is 15. The molecule has 76 heavy (non-hydrogen) atoms. The van der Waals surface area contributed by atoms with Crippen LogP contribution in [0.3, 0.4) is 0 Å². The molecule has 1 aromatic heterocycles. The van der Waals surface area contributed by atoms with E-state index in [0.29, 0.717) is 0 Å². The normalized spacial score (nSPS) is 12.8. The van der Waals surface area contributed by atoms with Gasteiger partial charge in [0.1, 0.15) is 0 Å². The molecule has 0 aliphatic heterocycles. The summed E-state index contributed by atoms with van der Waals surface area (Å²) >= 11 is 0. The molecule has 1 nitrogen and oxygen atoms in total. The van der Waals surface area contributed by atoms with Gasteiger partial charge in [-0.1, -0.05) is 249 Å². The Hall–Kier alpha value is -9.82. The van der Waals surface area contributed by atoms with Gasteiger partial charge in [-0.05, 0) is 157 Å². The summed E-state index contributed by atoms with van der Waals surface area (Å²) in [5, 5.41) is 15.2. The van der Waals surface area contributed by atoms with Crippen LogP contribution >= 0.6 is 0 Å². The third kappa shape index (κ3) is 6.03. The first-order valence-corrected chi connectivity index (χ1v) is 26.5. The van der Waals surface area contributed by atoms with Gasteiger partial charge in [-0.2, -0.15) is 0 Å². The minimum absolute atomic E-state index is 0.573. The van der Waals surface area contributed by atoms with Crippen molar-refractivity contribution in [2.75, 3.05) is 0 Å². The third-order valence-corrected chi connectivity index (χ3v) is 16.8. The van der Waals surface area contributed by atoms with Crippen LogP contribution in [0.2, 0.25) is 0 Å². The predicted octanol–water partition coefficient (Wildman–Crippen LogP) is 19.9. The van der Waals surface area contributed by atoms with Gasteiger partial charge in [-0.3, -0.25) is 0 Å². The largest absolute Gasteiger partial charge is 0.309 e. The zero-order valence-corrected chi connectivity index (χ0v) is 41.6. The van der Waals surface area contributed by atoms with Crippen molar-refractivity contribution in [1.29, 1.82) is 0 Å². The zero-order valence-electron chi connectivity index (χ0n) is 41.6. The molecule has 14 aromatic carbocycles. The molecule has 0 fully saturated rings. The fourth-order valence-electron chi connectivity index (χ4n) is 13.7. The van der Waals surface area contributed by atoms with E-state index >= 15 is 0 Å². The van der Waals surface area contributed by atoms with E-state index in [1.54, 1.807) is 0 Å². The molecular formula is C75H47N. The molecule has 0 atom stereocenters. The van der Waals surface area contributed by atoms with Crippen LogP contribution in [0.5, 0.6) is 0 Å². The summed E-state index contributed by atoms with van der Waals surface area (Å²) in [5.41, 5.74) is 18.2. The van der Waals surface area contributed by atoms with E-state index < -0.39 is 5.41 Å². The molecule has 1 heterocycles. The monoisotopic (exact) mass is 961 g/mol. The van der Waals surface area contributed by atoms with Crippen LogP contribution in [0.25, 0.3) is 126 Å². The lowest BCUT2D eigenvalue weighted by Gasteiger charge is -2.35. The summed E-state index contributed by atoms with van der Waals surface area (Å²) in [6, 6.07) is 106.